The highest BCUT2D eigenvalue weighted by molar-refractivity contribution is 6.22. The second kappa shape index (κ2) is 10.2. The molecule has 0 aliphatic heterocycles. The van der Waals surface area contributed by atoms with Crippen molar-refractivity contribution in [3.8, 4) is 44.5 Å². The summed E-state index contributed by atoms with van der Waals surface area (Å²) in [5.41, 5.74) is -6.69. The van der Waals surface area contributed by atoms with E-state index in [1.807, 2.05) is 0 Å². The highest BCUT2D eigenvalue weighted by atomic mass is 14.2. The van der Waals surface area contributed by atoms with Crippen LogP contribution in [0.5, 0.6) is 0 Å². The Hall–Kier alpha value is -5.46. The average Bonchev–Trinajstić information content (AvgIpc) is 3.32. The molecule has 0 fully saturated rings. The van der Waals surface area contributed by atoms with Crippen molar-refractivity contribution in [1.82, 2.24) is 0 Å². The highest BCUT2D eigenvalue weighted by Crippen LogP contribution is 2.45. The lowest BCUT2D eigenvalue weighted by molar-refractivity contribution is 1.61. The Kier molecular flexibility index (Phi) is 2.19. The standard InChI is InChI=1S/C42H28/c1-3-12-29(13-4-1)30-22-24-33(25-23-30)42-38-20-10-9-19-37(38)41(32-15-5-2-6-16-32)39-27-26-34(28-40(39)42)36-21-11-17-31-14-7-8-18-35(31)36/h1-28H/i1D,2D,3D,4D,5D,6D,7D,8D,9D,10D,11D,12D,13D,14D,15D,16D,17D,18D,19D,20D,21D,22D,23D,24D,25D,26D,27D,28D. The van der Waals surface area contributed by atoms with Gasteiger partial charge in [-0.3, -0.25) is 0 Å². The highest BCUT2D eigenvalue weighted by Gasteiger charge is 2.18. The van der Waals surface area contributed by atoms with Gasteiger partial charge in [0.25, 0.3) is 0 Å². The molecule has 0 heterocycles. The number of fused-ring (bicyclic) bond motifs is 3. The maximum atomic E-state index is 10.0. The summed E-state index contributed by atoms with van der Waals surface area (Å²) in [6, 6.07) is -27.8. The van der Waals surface area contributed by atoms with Gasteiger partial charge < -0.3 is 0 Å². The van der Waals surface area contributed by atoms with Gasteiger partial charge in [-0.1, -0.05) is 163 Å². The third-order valence-electron chi connectivity index (χ3n) is 6.44. The van der Waals surface area contributed by atoms with Gasteiger partial charge in [0.05, 0.1) is 38.4 Å². The van der Waals surface area contributed by atoms with Gasteiger partial charge in [0.2, 0.25) is 0 Å². The summed E-state index contributed by atoms with van der Waals surface area (Å²) in [6.07, 6.45) is 0. The van der Waals surface area contributed by atoms with Crippen LogP contribution in [-0.4, -0.2) is 0 Å². The molecule has 0 aromatic heterocycles. The molecule has 0 N–H and O–H groups in total. The summed E-state index contributed by atoms with van der Waals surface area (Å²) in [4.78, 5) is 0. The van der Waals surface area contributed by atoms with Crippen molar-refractivity contribution in [3.63, 3.8) is 0 Å². The molecular formula is C42H28. The SMILES string of the molecule is [2H]c1c([2H])c([2H])c(-c2c([2H])c([2H])c(-c3c4c([2H])c([2H])c([2H])c([2H])c4c(-c4c([2H])c([2H])c([2H])c([2H])c4[2H])c4c([2H])c([2H])c(-c5c([2H])c([2H])c([2H])c6c([2H])c([2H])c([2H])c([2H])c56)c([2H])c34)c([2H])c2[2H])c([2H])c1[2H]. The normalized spacial score (nSPS) is 20.7. The van der Waals surface area contributed by atoms with E-state index >= 15 is 0 Å². The minimum Gasteiger partial charge on any atom is -0.0622 e. The van der Waals surface area contributed by atoms with Gasteiger partial charge in [-0.05, 0) is 82.9 Å². The summed E-state index contributed by atoms with van der Waals surface area (Å²) >= 11 is 0. The van der Waals surface area contributed by atoms with Crippen LogP contribution in [0.3, 0.4) is 0 Å². The fourth-order valence-electron chi connectivity index (χ4n) is 4.66. The molecule has 0 bridgehead atoms. The summed E-state index contributed by atoms with van der Waals surface area (Å²) in [7, 11) is 0. The monoisotopic (exact) mass is 560 g/mol. The summed E-state index contributed by atoms with van der Waals surface area (Å²) in [5.74, 6) is 0. The molecule has 8 aromatic carbocycles. The number of hydrogen-bond acceptors (Lipinski definition) is 0. The molecule has 0 heteroatoms. The Morgan fingerprint density at radius 3 is 1.45 bits per heavy atom. The van der Waals surface area contributed by atoms with Crippen molar-refractivity contribution in [2.45, 2.75) is 0 Å². The maximum absolute atomic E-state index is 10.0. The number of rotatable bonds is 4. The summed E-state index contributed by atoms with van der Waals surface area (Å²) < 4.78 is 249. The second-order valence-corrected chi connectivity index (χ2v) is 8.75. The molecule has 0 atom stereocenters. The molecule has 196 valence electrons. The lowest BCUT2D eigenvalue weighted by atomic mass is 9.84. The van der Waals surface area contributed by atoms with Crippen LogP contribution in [0.2, 0.25) is 0 Å². The van der Waals surface area contributed by atoms with Crippen molar-refractivity contribution < 1.29 is 38.4 Å². The zero-order valence-electron chi connectivity index (χ0n) is 49.0. The van der Waals surface area contributed by atoms with E-state index < -0.39 is 246 Å². The largest absolute Gasteiger partial charge is 0.0636 e. The van der Waals surface area contributed by atoms with E-state index in [0.29, 0.717) is 0 Å². The predicted molar refractivity (Wildman–Crippen MR) is 181 cm³/mol. The van der Waals surface area contributed by atoms with Crippen LogP contribution in [0, 0.1) is 0 Å². The summed E-state index contributed by atoms with van der Waals surface area (Å²) in [5, 5.41) is -4.60. The van der Waals surface area contributed by atoms with Crippen molar-refractivity contribution in [3.05, 3.63) is 169 Å². The van der Waals surface area contributed by atoms with Gasteiger partial charge >= 0.3 is 0 Å². The maximum Gasteiger partial charge on any atom is 0.0636 e. The third kappa shape index (κ3) is 4.08. The average molecular weight is 561 g/mol. The Bertz CT molecular complexity index is 3710. The molecule has 0 saturated heterocycles. The van der Waals surface area contributed by atoms with Crippen LogP contribution in [0.25, 0.3) is 76.8 Å². The van der Waals surface area contributed by atoms with Crippen molar-refractivity contribution in [1.29, 1.82) is 0 Å². The van der Waals surface area contributed by atoms with E-state index in [4.69, 9.17) is 26.0 Å². The quantitative estimate of drug-likeness (QED) is 0.188. The Morgan fingerprint density at radius 1 is 0.286 bits per heavy atom. The minimum atomic E-state index is -1.14. The van der Waals surface area contributed by atoms with Crippen molar-refractivity contribution in [2.75, 3.05) is 0 Å². The van der Waals surface area contributed by atoms with Crippen LogP contribution in [0.1, 0.15) is 38.4 Å². The number of hydrogen-bond donors (Lipinski definition) is 0. The van der Waals surface area contributed by atoms with Gasteiger partial charge in [-0.25, -0.2) is 0 Å². The molecule has 8 aromatic rings. The topological polar surface area (TPSA) is 0 Å². The molecule has 0 radical (unpaired) electrons. The van der Waals surface area contributed by atoms with E-state index in [-0.39, 0.29) is 0 Å². The first-order valence-electron chi connectivity index (χ1n) is 26.2. The van der Waals surface area contributed by atoms with Gasteiger partial charge in [0.1, 0.15) is 0 Å². The lowest BCUT2D eigenvalue weighted by Gasteiger charge is -2.19. The molecule has 0 spiro atoms. The van der Waals surface area contributed by atoms with E-state index in [0.717, 1.165) is 0 Å². The Morgan fingerprint density at radius 2 is 0.738 bits per heavy atom. The minimum absolute atomic E-state index is 0.650. The van der Waals surface area contributed by atoms with Crippen LogP contribution in [0.15, 0.2) is 169 Å². The molecule has 0 aliphatic rings. The van der Waals surface area contributed by atoms with Crippen LogP contribution < -0.4 is 0 Å². The van der Waals surface area contributed by atoms with Gasteiger partial charge in [-0.15, -0.1) is 0 Å². The molecule has 0 unspecified atom stereocenters. The fourth-order valence-corrected chi connectivity index (χ4v) is 4.66. The van der Waals surface area contributed by atoms with Crippen LogP contribution in [0.4, 0.5) is 0 Å². The molecule has 8 rings (SSSR count). The van der Waals surface area contributed by atoms with Crippen LogP contribution >= 0.6 is 0 Å². The first kappa shape index (κ1) is 9.02. The Balaban J connectivity index is 1.78. The van der Waals surface area contributed by atoms with E-state index in [2.05, 4.69) is 0 Å². The van der Waals surface area contributed by atoms with Gasteiger partial charge in [-0.2, -0.15) is 0 Å². The van der Waals surface area contributed by atoms with Crippen molar-refractivity contribution >= 4 is 32.3 Å². The zero-order chi connectivity index (χ0) is 52.2. The molecule has 0 amide bonds. The second-order valence-electron chi connectivity index (χ2n) is 8.75. The first-order valence-corrected chi connectivity index (χ1v) is 12.2. The molecule has 0 aliphatic carbocycles. The fraction of sp³-hybridized carbons (Fsp3) is 0. The molecule has 0 saturated carbocycles. The first-order chi connectivity index (χ1) is 32.5. The third-order valence-corrected chi connectivity index (χ3v) is 6.44. The Labute approximate surface area is 285 Å². The molecule has 42 heavy (non-hydrogen) atoms. The van der Waals surface area contributed by atoms with Crippen LogP contribution in [-0.2, 0) is 0 Å². The van der Waals surface area contributed by atoms with E-state index in [1.165, 1.54) is 0 Å². The molecule has 0 nitrogen and oxygen atoms in total. The number of benzene rings is 8. The van der Waals surface area contributed by atoms with Crippen molar-refractivity contribution in [2.24, 2.45) is 0 Å². The summed E-state index contributed by atoms with van der Waals surface area (Å²) in [6.45, 7) is 0. The lowest BCUT2D eigenvalue weighted by Crippen LogP contribution is -1.92. The molecular weight excluding hydrogens is 504 g/mol. The van der Waals surface area contributed by atoms with E-state index in [1.54, 1.807) is 0 Å². The van der Waals surface area contributed by atoms with Gasteiger partial charge in [0.15, 0.2) is 0 Å². The van der Waals surface area contributed by atoms with E-state index in [9.17, 15) is 12.3 Å². The predicted octanol–water partition coefficient (Wildman–Crippen LogP) is 11.8. The van der Waals surface area contributed by atoms with Gasteiger partial charge in [0, 0.05) is 0 Å². The zero-order valence-corrected chi connectivity index (χ0v) is 21.0. The smallest absolute Gasteiger partial charge is 0.0622 e.